The minimum Gasteiger partial charge on any atom is -0.508 e. The third kappa shape index (κ3) is 9.60. The Hall–Kier alpha value is -4.46. The zero-order valence-corrected chi connectivity index (χ0v) is 20.1. The second-order valence-corrected chi connectivity index (χ2v) is 8.45. The lowest BCUT2D eigenvalue weighted by molar-refractivity contribution is -0.142. The number of rotatable bonds is 14. The number of hydrogen-bond acceptors (Lipinski definition) is 8. The van der Waals surface area contributed by atoms with Crippen LogP contribution in [0, 0.1) is 0 Å². The van der Waals surface area contributed by atoms with Crippen LogP contribution in [-0.4, -0.2) is 73.9 Å². The first-order valence-corrected chi connectivity index (χ1v) is 11.4. The van der Waals surface area contributed by atoms with E-state index in [-0.39, 0.29) is 31.4 Å². The maximum atomic E-state index is 13.0. The molecule has 2 aromatic rings. The highest BCUT2D eigenvalue weighted by atomic mass is 16.4. The number of phenols is 1. The van der Waals surface area contributed by atoms with Crippen molar-refractivity contribution < 1.29 is 34.2 Å². The highest BCUT2D eigenvalue weighted by Gasteiger charge is 2.29. The van der Waals surface area contributed by atoms with Crippen LogP contribution < -0.4 is 27.4 Å². The molecule has 37 heavy (non-hydrogen) atoms. The molecule has 200 valence electrons. The molecule has 0 aliphatic rings. The van der Waals surface area contributed by atoms with Crippen molar-refractivity contribution in [1.29, 1.82) is 0 Å². The number of benzene rings is 1. The van der Waals surface area contributed by atoms with Gasteiger partial charge in [-0.3, -0.25) is 19.2 Å². The van der Waals surface area contributed by atoms with E-state index < -0.39 is 53.8 Å². The number of carbonyl (C=O) groups is 5. The highest BCUT2D eigenvalue weighted by Crippen LogP contribution is 2.12. The van der Waals surface area contributed by atoms with Crippen LogP contribution >= 0.6 is 0 Å². The average Bonchev–Trinajstić information content (AvgIpc) is 3.35. The molecular weight excluding hydrogens is 486 g/mol. The predicted octanol–water partition coefficient (Wildman–Crippen LogP) is -1.95. The van der Waals surface area contributed by atoms with E-state index in [0.29, 0.717) is 11.3 Å². The second kappa shape index (κ2) is 13.6. The molecule has 0 saturated heterocycles. The standard InChI is InChI=1S/C23H31N7O7/c1-12(20(33)30-18(23(36)37)9-14-10-26-11-27-14)28-22(35)17(8-13-2-4-15(31)5-3-13)29-21(34)16(24)6-7-19(25)32/h2-5,10-12,16-18,31H,6-9,24H2,1H3,(H2,25,32)(H,26,27)(H,28,35)(H,29,34)(H,30,33)(H,36,37). The molecule has 4 amide bonds. The molecule has 0 saturated carbocycles. The third-order valence-corrected chi connectivity index (χ3v) is 5.39. The summed E-state index contributed by atoms with van der Waals surface area (Å²) in [6, 6.07) is 1.21. The summed E-state index contributed by atoms with van der Waals surface area (Å²) in [7, 11) is 0. The van der Waals surface area contributed by atoms with Gasteiger partial charge in [-0.25, -0.2) is 9.78 Å². The molecule has 2 rings (SSSR count). The Morgan fingerprint density at radius 1 is 0.973 bits per heavy atom. The number of amides is 4. The normalized spacial score (nSPS) is 14.0. The number of H-pyrrole nitrogens is 1. The summed E-state index contributed by atoms with van der Waals surface area (Å²) >= 11 is 0. The van der Waals surface area contributed by atoms with Crippen molar-refractivity contribution in [2.45, 2.75) is 56.8 Å². The molecule has 0 bridgehead atoms. The number of nitrogens with two attached hydrogens (primary N) is 2. The number of carboxylic acids is 1. The maximum Gasteiger partial charge on any atom is 0.326 e. The van der Waals surface area contributed by atoms with Crippen molar-refractivity contribution in [1.82, 2.24) is 25.9 Å². The van der Waals surface area contributed by atoms with Gasteiger partial charge >= 0.3 is 5.97 Å². The van der Waals surface area contributed by atoms with Gasteiger partial charge in [0.1, 0.15) is 23.9 Å². The Bertz CT molecular complexity index is 1090. The van der Waals surface area contributed by atoms with Gasteiger partial charge in [-0.1, -0.05) is 12.1 Å². The molecule has 0 fully saturated rings. The van der Waals surface area contributed by atoms with Crippen molar-refractivity contribution in [3.05, 3.63) is 48.0 Å². The van der Waals surface area contributed by atoms with Crippen LogP contribution in [0.4, 0.5) is 0 Å². The number of hydrogen-bond donors (Lipinski definition) is 8. The Morgan fingerprint density at radius 3 is 2.19 bits per heavy atom. The highest BCUT2D eigenvalue weighted by molar-refractivity contribution is 5.94. The van der Waals surface area contributed by atoms with Gasteiger partial charge in [0.25, 0.3) is 0 Å². The lowest BCUT2D eigenvalue weighted by atomic mass is 10.0. The summed E-state index contributed by atoms with van der Waals surface area (Å²) in [4.78, 5) is 67.3. The van der Waals surface area contributed by atoms with E-state index in [0.717, 1.165) is 0 Å². The van der Waals surface area contributed by atoms with Gasteiger partial charge < -0.3 is 42.6 Å². The van der Waals surface area contributed by atoms with Gasteiger partial charge in [0.05, 0.1) is 12.4 Å². The third-order valence-electron chi connectivity index (χ3n) is 5.39. The number of aromatic amines is 1. The fraction of sp³-hybridized carbons (Fsp3) is 0.391. The number of carbonyl (C=O) groups excluding carboxylic acids is 4. The molecule has 0 aliphatic carbocycles. The SMILES string of the molecule is CC(NC(=O)C(Cc1ccc(O)cc1)NC(=O)C(N)CCC(N)=O)C(=O)NC(Cc1cnc[nH]1)C(=O)O. The van der Waals surface area contributed by atoms with Crippen molar-refractivity contribution in [2.24, 2.45) is 11.5 Å². The number of nitrogens with one attached hydrogen (secondary N) is 4. The van der Waals surface area contributed by atoms with Crippen molar-refractivity contribution in [3.8, 4) is 5.75 Å². The summed E-state index contributed by atoms with van der Waals surface area (Å²) in [6.07, 6.45) is 2.60. The van der Waals surface area contributed by atoms with Gasteiger partial charge in [0, 0.05) is 31.2 Å². The number of nitrogens with zero attached hydrogens (tertiary/aromatic N) is 1. The number of phenolic OH excluding ortho intramolecular Hbond substituents is 1. The quantitative estimate of drug-likeness (QED) is 0.139. The summed E-state index contributed by atoms with van der Waals surface area (Å²) in [5.74, 6) is -4.09. The fourth-order valence-electron chi connectivity index (χ4n) is 3.28. The molecule has 1 aromatic carbocycles. The van der Waals surface area contributed by atoms with E-state index in [1.165, 1.54) is 31.6 Å². The lowest BCUT2D eigenvalue weighted by Crippen LogP contribution is -2.57. The Kier molecular flexibility index (Phi) is 10.6. The molecule has 14 nitrogen and oxygen atoms in total. The first-order chi connectivity index (χ1) is 17.5. The van der Waals surface area contributed by atoms with Crippen LogP contribution in [0.15, 0.2) is 36.8 Å². The minimum atomic E-state index is -1.27. The first kappa shape index (κ1) is 28.8. The maximum absolute atomic E-state index is 13.0. The van der Waals surface area contributed by atoms with Crippen LogP contribution in [0.25, 0.3) is 0 Å². The molecule has 1 heterocycles. The number of aliphatic carboxylic acids is 1. The molecule has 0 aliphatic heterocycles. The van der Waals surface area contributed by atoms with E-state index in [9.17, 15) is 34.2 Å². The molecule has 0 spiro atoms. The minimum absolute atomic E-state index is 0.00763. The topological polar surface area (TPSA) is 243 Å². The summed E-state index contributed by atoms with van der Waals surface area (Å²) in [5.41, 5.74) is 12.0. The van der Waals surface area contributed by atoms with E-state index in [4.69, 9.17) is 11.5 Å². The van der Waals surface area contributed by atoms with Gasteiger partial charge in [-0.05, 0) is 31.0 Å². The molecular formula is C23H31N7O7. The zero-order valence-electron chi connectivity index (χ0n) is 20.1. The van der Waals surface area contributed by atoms with Crippen LogP contribution in [0.2, 0.25) is 0 Å². The number of primary amides is 1. The lowest BCUT2D eigenvalue weighted by Gasteiger charge is -2.23. The Morgan fingerprint density at radius 2 is 1.62 bits per heavy atom. The number of aromatic hydroxyl groups is 1. The van der Waals surface area contributed by atoms with Crippen LogP contribution in [0.1, 0.15) is 31.0 Å². The van der Waals surface area contributed by atoms with Crippen molar-refractivity contribution in [3.63, 3.8) is 0 Å². The predicted molar refractivity (Wildman–Crippen MR) is 130 cm³/mol. The van der Waals surface area contributed by atoms with Crippen LogP contribution in [-0.2, 0) is 36.8 Å². The van der Waals surface area contributed by atoms with E-state index in [1.807, 2.05) is 0 Å². The first-order valence-electron chi connectivity index (χ1n) is 11.4. The van der Waals surface area contributed by atoms with Crippen LogP contribution in [0.5, 0.6) is 5.75 Å². The molecule has 1 aromatic heterocycles. The second-order valence-electron chi connectivity index (χ2n) is 8.45. The molecule has 4 atom stereocenters. The molecule has 14 heteroatoms. The summed E-state index contributed by atoms with van der Waals surface area (Å²) in [6.45, 7) is 1.36. The Balaban J connectivity index is 2.08. The van der Waals surface area contributed by atoms with E-state index in [1.54, 1.807) is 12.1 Å². The van der Waals surface area contributed by atoms with Gasteiger partial charge in [-0.15, -0.1) is 0 Å². The largest absolute Gasteiger partial charge is 0.508 e. The van der Waals surface area contributed by atoms with Crippen molar-refractivity contribution >= 4 is 29.6 Å². The fourth-order valence-corrected chi connectivity index (χ4v) is 3.28. The average molecular weight is 518 g/mol. The van der Waals surface area contributed by atoms with E-state index >= 15 is 0 Å². The molecule has 0 radical (unpaired) electrons. The molecule has 10 N–H and O–H groups in total. The van der Waals surface area contributed by atoms with Crippen molar-refractivity contribution in [2.75, 3.05) is 0 Å². The summed E-state index contributed by atoms with van der Waals surface area (Å²) in [5, 5.41) is 26.3. The number of aromatic nitrogens is 2. The van der Waals surface area contributed by atoms with E-state index in [2.05, 4.69) is 25.9 Å². The Labute approximate surface area is 212 Å². The van der Waals surface area contributed by atoms with Gasteiger partial charge in [0.2, 0.25) is 23.6 Å². The number of imidazole rings is 1. The summed E-state index contributed by atoms with van der Waals surface area (Å²) < 4.78 is 0. The number of carboxylic acid groups (broad SMARTS) is 1. The van der Waals surface area contributed by atoms with Crippen LogP contribution in [0.3, 0.4) is 0 Å². The monoisotopic (exact) mass is 517 g/mol. The zero-order chi connectivity index (χ0) is 27.5. The molecule has 4 unspecified atom stereocenters. The smallest absolute Gasteiger partial charge is 0.326 e. The van der Waals surface area contributed by atoms with Gasteiger partial charge in [0.15, 0.2) is 0 Å². The van der Waals surface area contributed by atoms with Gasteiger partial charge in [-0.2, -0.15) is 0 Å².